The summed E-state index contributed by atoms with van der Waals surface area (Å²) in [5.41, 5.74) is 5.28. The minimum atomic E-state index is -1.19. The van der Waals surface area contributed by atoms with E-state index >= 15 is 0 Å². The molecule has 0 saturated heterocycles. The molecular weight excluding hydrogens is 212 g/mol. The second-order valence-electron chi connectivity index (χ2n) is 3.07. The lowest BCUT2D eigenvalue weighted by Crippen LogP contribution is -2.25. The van der Waals surface area contributed by atoms with Crippen LogP contribution in [-0.4, -0.2) is 11.1 Å². The molecule has 1 aromatic rings. The highest BCUT2D eigenvalue weighted by atomic mass is 35.5. The van der Waals surface area contributed by atoms with Crippen molar-refractivity contribution in [2.75, 3.05) is 0 Å². The fourth-order valence-corrected chi connectivity index (χ4v) is 1.22. The van der Waals surface area contributed by atoms with Crippen LogP contribution in [0.5, 0.6) is 0 Å². The minimum absolute atomic E-state index is 0.0913. The summed E-state index contributed by atoms with van der Waals surface area (Å²) in [5, 5.41) is 8.82. The summed E-state index contributed by atoms with van der Waals surface area (Å²) in [6.07, 6.45) is -1.19. The zero-order chi connectivity index (χ0) is 10.9. The van der Waals surface area contributed by atoms with Crippen molar-refractivity contribution in [3.63, 3.8) is 0 Å². The quantitative estimate of drug-likeness (QED) is 0.751. The van der Waals surface area contributed by atoms with Crippen molar-refractivity contribution in [3.05, 3.63) is 34.4 Å². The summed E-state index contributed by atoms with van der Waals surface area (Å²) in [6, 6.07) is 1.47. The molecule has 0 aliphatic rings. The summed E-state index contributed by atoms with van der Waals surface area (Å²) in [4.78, 5) is 0. The Morgan fingerprint density at radius 1 is 1.43 bits per heavy atom. The molecule has 0 aliphatic carbocycles. The number of nitrogens with two attached hydrogens (primary N) is 1. The van der Waals surface area contributed by atoms with Gasteiger partial charge in [0.15, 0.2) is 5.82 Å². The summed E-state index contributed by atoms with van der Waals surface area (Å²) < 4.78 is 26.0. The predicted molar refractivity (Wildman–Crippen MR) is 50.0 cm³/mol. The molecule has 1 aromatic carbocycles. The van der Waals surface area contributed by atoms with Crippen molar-refractivity contribution >= 4 is 11.6 Å². The fraction of sp³-hybridized carbons (Fsp3) is 0.333. The summed E-state index contributed by atoms with van der Waals surface area (Å²) in [6.45, 7) is 1.52. The lowest BCUT2D eigenvalue weighted by atomic mass is 10.0. The number of hydrogen-bond donors (Lipinski definition) is 2. The van der Waals surface area contributed by atoms with Gasteiger partial charge in [-0.25, -0.2) is 8.78 Å². The zero-order valence-corrected chi connectivity index (χ0v) is 8.22. The molecule has 0 radical (unpaired) electrons. The summed E-state index contributed by atoms with van der Waals surface area (Å²) in [7, 11) is 0. The highest BCUT2D eigenvalue weighted by Crippen LogP contribution is 2.26. The number of rotatable bonds is 2. The molecule has 5 heteroatoms. The van der Waals surface area contributed by atoms with Crippen molar-refractivity contribution in [2.45, 2.75) is 19.1 Å². The Labute approximate surface area is 85.3 Å². The second kappa shape index (κ2) is 4.21. The van der Waals surface area contributed by atoms with Crippen molar-refractivity contribution < 1.29 is 13.9 Å². The summed E-state index contributed by atoms with van der Waals surface area (Å²) in [5.74, 6) is -1.82. The average Bonchev–Trinajstić information content (AvgIpc) is 2.13. The minimum Gasteiger partial charge on any atom is -0.387 e. The third-order valence-corrected chi connectivity index (χ3v) is 2.23. The molecule has 0 aliphatic heterocycles. The van der Waals surface area contributed by atoms with Gasteiger partial charge in [0.1, 0.15) is 10.8 Å². The molecule has 1 rings (SSSR count). The van der Waals surface area contributed by atoms with Gasteiger partial charge in [0.2, 0.25) is 0 Å². The van der Waals surface area contributed by atoms with E-state index in [9.17, 15) is 13.9 Å². The lowest BCUT2D eigenvalue weighted by Gasteiger charge is -2.16. The Balaban J connectivity index is 3.17. The van der Waals surface area contributed by atoms with Gasteiger partial charge in [0, 0.05) is 11.6 Å². The maximum absolute atomic E-state index is 13.3. The fourth-order valence-electron chi connectivity index (χ4n) is 1.05. The van der Waals surface area contributed by atoms with Crippen molar-refractivity contribution in [1.82, 2.24) is 0 Å². The lowest BCUT2D eigenvalue weighted by molar-refractivity contribution is 0.149. The van der Waals surface area contributed by atoms with Gasteiger partial charge >= 0.3 is 0 Å². The van der Waals surface area contributed by atoms with Gasteiger partial charge in [-0.15, -0.1) is 0 Å². The number of aliphatic hydroxyl groups is 1. The van der Waals surface area contributed by atoms with Gasteiger partial charge < -0.3 is 10.8 Å². The van der Waals surface area contributed by atoms with E-state index < -0.39 is 28.8 Å². The maximum Gasteiger partial charge on any atom is 0.150 e. The zero-order valence-electron chi connectivity index (χ0n) is 7.47. The smallest absolute Gasteiger partial charge is 0.150 e. The van der Waals surface area contributed by atoms with Crippen LogP contribution in [0.2, 0.25) is 5.02 Å². The molecule has 0 spiro atoms. The molecule has 2 atom stereocenters. The molecule has 0 heterocycles. The highest BCUT2D eigenvalue weighted by Gasteiger charge is 2.20. The van der Waals surface area contributed by atoms with Crippen LogP contribution in [-0.2, 0) is 0 Å². The van der Waals surface area contributed by atoms with Gasteiger partial charge in [-0.1, -0.05) is 17.7 Å². The van der Waals surface area contributed by atoms with Crippen molar-refractivity contribution in [1.29, 1.82) is 0 Å². The first-order chi connectivity index (χ1) is 6.45. The molecule has 0 amide bonds. The van der Waals surface area contributed by atoms with Crippen LogP contribution in [0.25, 0.3) is 0 Å². The van der Waals surface area contributed by atoms with Crippen LogP contribution in [0.15, 0.2) is 12.1 Å². The van der Waals surface area contributed by atoms with Crippen LogP contribution in [0.1, 0.15) is 18.6 Å². The first kappa shape index (κ1) is 11.4. The SMILES string of the molecule is CC(N)C(O)c1ccc(F)c(Cl)c1F. The van der Waals surface area contributed by atoms with Crippen LogP contribution in [0, 0.1) is 11.6 Å². The Bertz CT molecular complexity index is 344. The van der Waals surface area contributed by atoms with Crippen LogP contribution in [0.4, 0.5) is 8.78 Å². The van der Waals surface area contributed by atoms with Crippen LogP contribution < -0.4 is 5.73 Å². The van der Waals surface area contributed by atoms with Gasteiger partial charge in [0.25, 0.3) is 0 Å². The van der Waals surface area contributed by atoms with Gasteiger partial charge in [0.05, 0.1) is 6.10 Å². The first-order valence-corrected chi connectivity index (χ1v) is 4.40. The van der Waals surface area contributed by atoms with Crippen LogP contribution >= 0.6 is 11.6 Å². The molecule has 2 nitrogen and oxygen atoms in total. The predicted octanol–water partition coefficient (Wildman–Crippen LogP) is 2.00. The molecule has 2 unspecified atom stereocenters. The largest absolute Gasteiger partial charge is 0.387 e. The average molecular weight is 222 g/mol. The standard InChI is InChI=1S/C9H10ClF2NO/c1-4(13)9(14)5-2-3-6(11)7(10)8(5)12/h2-4,9,14H,13H2,1H3. The molecule has 0 aromatic heterocycles. The highest BCUT2D eigenvalue weighted by molar-refractivity contribution is 6.30. The summed E-state index contributed by atoms with van der Waals surface area (Å²) >= 11 is 5.33. The van der Waals surface area contributed by atoms with Crippen LogP contribution in [0.3, 0.4) is 0 Å². The van der Waals surface area contributed by atoms with E-state index in [1.54, 1.807) is 0 Å². The Kier molecular flexibility index (Phi) is 3.42. The maximum atomic E-state index is 13.3. The molecule has 3 N–H and O–H groups in total. The Morgan fingerprint density at radius 2 is 2.00 bits per heavy atom. The van der Waals surface area contributed by atoms with Gasteiger partial charge in [-0.3, -0.25) is 0 Å². The Hall–Kier alpha value is -0.710. The molecular formula is C9H10ClF2NO. The first-order valence-electron chi connectivity index (χ1n) is 4.02. The normalized spacial score (nSPS) is 15.3. The molecule has 0 bridgehead atoms. The van der Waals surface area contributed by atoms with Crippen molar-refractivity contribution in [2.24, 2.45) is 5.73 Å². The van der Waals surface area contributed by atoms with E-state index in [4.69, 9.17) is 17.3 Å². The van der Waals surface area contributed by atoms with E-state index in [2.05, 4.69) is 0 Å². The number of aliphatic hydroxyl groups excluding tert-OH is 1. The number of hydrogen-bond acceptors (Lipinski definition) is 2. The topological polar surface area (TPSA) is 46.2 Å². The molecule has 78 valence electrons. The molecule has 14 heavy (non-hydrogen) atoms. The van der Waals surface area contributed by atoms with Gasteiger partial charge in [-0.2, -0.15) is 0 Å². The number of halogens is 3. The van der Waals surface area contributed by atoms with E-state index in [-0.39, 0.29) is 5.56 Å². The third kappa shape index (κ3) is 2.03. The molecule has 0 fully saturated rings. The van der Waals surface area contributed by atoms with E-state index in [1.807, 2.05) is 0 Å². The van der Waals surface area contributed by atoms with E-state index in [0.717, 1.165) is 12.1 Å². The van der Waals surface area contributed by atoms with Crippen molar-refractivity contribution in [3.8, 4) is 0 Å². The monoisotopic (exact) mass is 221 g/mol. The number of benzene rings is 1. The van der Waals surface area contributed by atoms with E-state index in [1.165, 1.54) is 6.92 Å². The van der Waals surface area contributed by atoms with Gasteiger partial charge in [-0.05, 0) is 13.0 Å². The van der Waals surface area contributed by atoms with E-state index in [0.29, 0.717) is 0 Å². The molecule has 0 saturated carbocycles. The second-order valence-corrected chi connectivity index (χ2v) is 3.45. The third-order valence-electron chi connectivity index (χ3n) is 1.88. The Morgan fingerprint density at radius 3 is 2.50 bits per heavy atom.